The Balaban J connectivity index is 1.97. The molecule has 0 saturated carbocycles. The minimum atomic E-state index is -0.400. The van der Waals surface area contributed by atoms with Crippen LogP contribution in [0.5, 0.6) is 0 Å². The maximum Gasteiger partial charge on any atom is 0.369 e. The highest BCUT2D eigenvalue weighted by Crippen LogP contribution is 2.27. The number of ether oxygens (including phenoxy) is 1. The minimum absolute atomic E-state index is 0.314. The van der Waals surface area contributed by atoms with Crippen LogP contribution < -0.4 is 0 Å². The SMILES string of the molecule is CCOC(=O)c1nnc(SCc2ccccc2C)s1. The number of hydrogen-bond donors (Lipinski definition) is 0. The standard InChI is InChI=1S/C13H14N2O2S2/c1-3-17-12(16)11-14-15-13(19-11)18-8-10-7-5-4-6-9(10)2/h4-7H,3,8H2,1-2H3. The van der Waals surface area contributed by atoms with E-state index in [1.165, 1.54) is 22.5 Å². The maximum absolute atomic E-state index is 11.5. The Bertz CT molecular complexity index is 569. The third-order valence-corrected chi connectivity index (χ3v) is 4.55. The molecule has 2 rings (SSSR count). The van der Waals surface area contributed by atoms with Gasteiger partial charge in [-0.3, -0.25) is 0 Å². The molecular weight excluding hydrogens is 280 g/mol. The van der Waals surface area contributed by atoms with E-state index in [0.717, 1.165) is 10.1 Å². The van der Waals surface area contributed by atoms with Crippen molar-refractivity contribution in [1.29, 1.82) is 0 Å². The Labute approximate surface area is 120 Å². The molecule has 0 aliphatic heterocycles. The maximum atomic E-state index is 11.5. The molecule has 0 aliphatic rings. The van der Waals surface area contributed by atoms with Crippen molar-refractivity contribution < 1.29 is 9.53 Å². The minimum Gasteiger partial charge on any atom is -0.461 e. The number of aromatic nitrogens is 2. The third kappa shape index (κ3) is 3.78. The molecule has 0 amide bonds. The number of nitrogens with zero attached hydrogens (tertiary/aromatic N) is 2. The van der Waals surface area contributed by atoms with Crippen LogP contribution in [0.3, 0.4) is 0 Å². The van der Waals surface area contributed by atoms with Crippen LogP contribution in [0.2, 0.25) is 0 Å². The zero-order valence-electron chi connectivity index (χ0n) is 10.8. The fourth-order valence-electron chi connectivity index (χ4n) is 1.45. The van der Waals surface area contributed by atoms with Crippen molar-refractivity contribution in [3.63, 3.8) is 0 Å². The van der Waals surface area contributed by atoms with E-state index in [2.05, 4.69) is 29.3 Å². The van der Waals surface area contributed by atoms with Crippen LogP contribution in [0.1, 0.15) is 27.9 Å². The molecule has 1 heterocycles. The Hall–Kier alpha value is -1.40. The lowest BCUT2D eigenvalue weighted by Crippen LogP contribution is -2.03. The quantitative estimate of drug-likeness (QED) is 0.625. The summed E-state index contributed by atoms with van der Waals surface area (Å²) in [6, 6.07) is 8.22. The van der Waals surface area contributed by atoms with Crippen LogP contribution in [-0.2, 0) is 10.5 Å². The van der Waals surface area contributed by atoms with Gasteiger partial charge < -0.3 is 4.74 Å². The number of esters is 1. The molecule has 0 saturated heterocycles. The average molecular weight is 294 g/mol. The molecule has 0 spiro atoms. The normalized spacial score (nSPS) is 10.4. The first kappa shape index (κ1) is 14.0. The van der Waals surface area contributed by atoms with Crippen LogP contribution in [0, 0.1) is 6.92 Å². The topological polar surface area (TPSA) is 52.1 Å². The first-order valence-corrected chi connectivity index (χ1v) is 7.69. The Morgan fingerprint density at radius 1 is 1.37 bits per heavy atom. The summed E-state index contributed by atoms with van der Waals surface area (Å²) in [4.78, 5) is 11.5. The van der Waals surface area contributed by atoms with Crippen LogP contribution in [0.25, 0.3) is 0 Å². The van der Waals surface area contributed by atoms with Crippen LogP contribution >= 0.6 is 23.1 Å². The first-order chi connectivity index (χ1) is 9.20. The predicted molar refractivity (Wildman–Crippen MR) is 76.6 cm³/mol. The van der Waals surface area contributed by atoms with Crippen molar-refractivity contribution in [2.24, 2.45) is 0 Å². The lowest BCUT2D eigenvalue weighted by atomic mass is 10.1. The van der Waals surface area contributed by atoms with Gasteiger partial charge in [0.2, 0.25) is 5.01 Å². The van der Waals surface area contributed by atoms with E-state index in [-0.39, 0.29) is 0 Å². The van der Waals surface area contributed by atoms with E-state index >= 15 is 0 Å². The molecular formula is C13H14N2O2S2. The number of benzene rings is 1. The van der Waals surface area contributed by atoms with E-state index in [9.17, 15) is 4.79 Å². The van der Waals surface area contributed by atoms with E-state index < -0.39 is 5.97 Å². The third-order valence-electron chi connectivity index (χ3n) is 2.47. The Morgan fingerprint density at radius 2 is 2.16 bits per heavy atom. The number of carbonyl (C=O) groups is 1. The summed E-state index contributed by atoms with van der Waals surface area (Å²) < 4.78 is 5.67. The summed E-state index contributed by atoms with van der Waals surface area (Å²) in [6.07, 6.45) is 0. The fraction of sp³-hybridized carbons (Fsp3) is 0.308. The molecule has 1 aromatic carbocycles. The summed E-state index contributed by atoms with van der Waals surface area (Å²) >= 11 is 2.85. The highest BCUT2D eigenvalue weighted by molar-refractivity contribution is 8.00. The molecule has 0 fully saturated rings. The Morgan fingerprint density at radius 3 is 2.89 bits per heavy atom. The Kier molecular flexibility index (Phi) is 4.93. The molecule has 4 nitrogen and oxygen atoms in total. The van der Waals surface area contributed by atoms with Crippen molar-refractivity contribution in [3.05, 3.63) is 40.4 Å². The number of hydrogen-bond acceptors (Lipinski definition) is 6. The monoisotopic (exact) mass is 294 g/mol. The number of aryl methyl sites for hydroxylation is 1. The van der Waals surface area contributed by atoms with E-state index in [4.69, 9.17) is 4.74 Å². The molecule has 0 N–H and O–H groups in total. The van der Waals surface area contributed by atoms with Gasteiger partial charge in [-0.15, -0.1) is 10.2 Å². The van der Waals surface area contributed by atoms with Gasteiger partial charge in [-0.25, -0.2) is 4.79 Å². The van der Waals surface area contributed by atoms with Crippen molar-refractivity contribution in [2.75, 3.05) is 6.61 Å². The molecule has 0 aliphatic carbocycles. The highest BCUT2D eigenvalue weighted by atomic mass is 32.2. The number of carbonyl (C=O) groups excluding carboxylic acids is 1. The predicted octanol–water partition coefficient (Wildman–Crippen LogP) is 3.32. The molecule has 19 heavy (non-hydrogen) atoms. The molecule has 0 unspecified atom stereocenters. The van der Waals surface area contributed by atoms with Crippen molar-refractivity contribution in [2.45, 2.75) is 23.9 Å². The van der Waals surface area contributed by atoms with Crippen molar-refractivity contribution in [1.82, 2.24) is 10.2 Å². The van der Waals surface area contributed by atoms with Crippen LogP contribution in [0.4, 0.5) is 0 Å². The molecule has 0 atom stereocenters. The summed E-state index contributed by atoms with van der Waals surface area (Å²) in [6.45, 7) is 4.21. The summed E-state index contributed by atoms with van der Waals surface area (Å²) in [5.41, 5.74) is 2.52. The first-order valence-electron chi connectivity index (χ1n) is 5.88. The van der Waals surface area contributed by atoms with Gasteiger partial charge in [0, 0.05) is 5.75 Å². The summed E-state index contributed by atoms with van der Waals surface area (Å²) in [7, 11) is 0. The second-order valence-corrected chi connectivity index (χ2v) is 6.01. The second kappa shape index (κ2) is 6.68. The highest BCUT2D eigenvalue weighted by Gasteiger charge is 2.14. The van der Waals surface area contributed by atoms with Gasteiger partial charge in [0.05, 0.1) is 6.61 Å². The van der Waals surface area contributed by atoms with E-state index in [1.807, 2.05) is 12.1 Å². The largest absolute Gasteiger partial charge is 0.461 e. The smallest absolute Gasteiger partial charge is 0.369 e. The van der Waals surface area contributed by atoms with E-state index in [1.54, 1.807) is 18.7 Å². The fourth-order valence-corrected chi connectivity index (χ4v) is 3.28. The van der Waals surface area contributed by atoms with E-state index in [0.29, 0.717) is 11.6 Å². The van der Waals surface area contributed by atoms with Crippen molar-refractivity contribution in [3.8, 4) is 0 Å². The number of thioether (sulfide) groups is 1. The van der Waals surface area contributed by atoms with Gasteiger partial charge in [-0.2, -0.15) is 0 Å². The summed E-state index contributed by atoms with van der Waals surface area (Å²) in [5.74, 6) is 0.423. The average Bonchev–Trinajstić information content (AvgIpc) is 2.87. The molecule has 100 valence electrons. The van der Waals surface area contributed by atoms with Gasteiger partial charge in [0.25, 0.3) is 0 Å². The van der Waals surface area contributed by atoms with Crippen molar-refractivity contribution >= 4 is 29.1 Å². The lowest BCUT2D eigenvalue weighted by Gasteiger charge is -2.02. The lowest BCUT2D eigenvalue weighted by molar-refractivity contribution is 0.0525. The van der Waals surface area contributed by atoms with Crippen LogP contribution in [-0.4, -0.2) is 22.8 Å². The zero-order valence-corrected chi connectivity index (χ0v) is 12.4. The molecule has 0 radical (unpaired) electrons. The van der Waals surface area contributed by atoms with Gasteiger partial charge in [0.15, 0.2) is 4.34 Å². The molecule has 1 aromatic heterocycles. The molecule has 2 aromatic rings. The molecule has 0 bridgehead atoms. The van der Waals surface area contributed by atoms with Gasteiger partial charge in [-0.05, 0) is 25.0 Å². The van der Waals surface area contributed by atoms with Gasteiger partial charge in [0.1, 0.15) is 0 Å². The molecule has 6 heteroatoms. The van der Waals surface area contributed by atoms with Crippen LogP contribution in [0.15, 0.2) is 28.6 Å². The van der Waals surface area contributed by atoms with Gasteiger partial charge >= 0.3 is 5.97 Å². The van der Waals surface area contributed by atoms with Gasteiger partial charge in [-0.1, -0.05) is 47.4 Å². The number of rotatable bonds is 5. The summed E-state index contributed by atoms with van der Waals surface area (Å²) in [5, 5.41) is 8.15. The second-order valence-electron chi connectivity index (χ2n) is 3.81. The zero-order chi connectivity index (χ0) is 13.7.